The second kappa shape index (κ2) is 8.62. The molecular formula is C23H36N2O2. The number of aromatic nitrogens is 2. The number of carbonyl (C=O) groups excluding carboxylic acids is 1. The molecule has 27 heavy (non-hydrogen) atoms. The largest absolute Gasteiger partial charge is 0.465 e. The summed E-state index contributed by atoms with van der Waals surface area (Å²) in [5.41, 5.74) is 1.85. The Morgan fingerprint density at radius 1 is 1.44 bits per heavy atom. The summed E-state index contributed by atoms with van der Waals surface area (Å²) in [7, 11) is 0. The van der Waals surface area contributed by atoms with Crippen molar-refractivity contribution in [2.24, 2.45) is 17.3 Å². The van der Waals surface area contributed by atoms with Gasteiger partial charge in [0.25, 0.3) is 0 Å². The van der Waals surface area contributed by atoms with Crippen molar-refractivity contribution in [3.8, 4) is 0 Å². The number of carbonyl (C=O) groups is 1. The number of rotatable bonds is 7. The summed E-state index contributed by atoms with van der Waals surface area (Å²) in [6.45, 7) is 10.0. The first-order valence-corrected chi connectivity index (χ1v) is 10.8. The van der Waals surface area contributed by atoms with E-state index >= 15 is 0 Å². The summed E-state index contributed by atoms with van der Waals surface area (Å²) in [6.07, 6.45) is 14.0. The Bertz CT molecular complexity index is 676. The van der Waals surface area contributed by atoms with Gasteiger partial charge in [-0.1, -0.05) is 39.3 Å². The van der Waals surface area contributed by atoms with Crippen molar-refractivity contribution in [1.29, 1.82) is 0 Å². The molecule has 0 aromatic carbocycles. The lowest BCUT2D eigenvalue weighted by atomic mass is 9.67. The number of fused-ring (bicyclic) bond motifs is 1. The Hall–Kier alpha value is -1.58. The molecule has 4 heteroatoms. The Labute approximate surface area is 164 Å². The van der Waals surface area contributed by atoms with E-state index in [-0.39, 0.29) is 11.4 Å². The van der Waals surface area contributed by atoms with Crippen molar-refractivity contribution in [2.75, 3.05) is 6.61 Å². The van der Waals surface area contributed by atoms with E-state index in [9.17, 15) is 4.79 Å². The lowest BCUT2D eigenvalue weighted by Gasteiger charge is -2.40. The van der Waals surface area contributed by atoms with E-state index in [4.69, 9.17) is 4.74 Å². The first-order chi connectivity index (χ1) is 12.9. The fourth-order valence-electron chi connectivity index (χ4n) is 5.14. The van der Waals surface area contributed by atoms with Crippen LogP contribution in [0.5, 0.6) is 0 Å². The van der Waals surface area contributed by atoms with Crippen LogP contribution in [0, 0.1) is 17.3 Å². The van der Waals surface area contributed by atoms with Crippen LogP contribution in [-0.4, -0.2) is 22.1 Å². The van der Waals surface area contributed by atoms with E-state index < -0.39 is 0 Å². The van der Waals surface area contributed by atoms with E-state index in [1.807, 2.05) is 12.4 Å². The smallest absolute Gasteiger partial charge is 0.307 e. The molecule has 2 saturated carbocycles. The van der Waals surface area contributed by atoms with Gasteiger partial charge < -0.3 is 9.30 Å². The maximum absolute atomic E-state index is 12.3. The van der Waals surface area contributed by atoms with Gasteiger partial charge in [-0.05, 0) is 50.4 Å². The van der Waals surface area contributed by atoms with Crippen LogP contribution in [0.2, 0.25) is 0 Å². The zero-order valence-electron chi connectivity index (χ0n) is 17.5. The van der Waals surface area contributed by atoms with Crippen LogP contribution in [-0.2, 0) is 16.1 Å². The average molecular weight is 373 g/mol. The van der Waals surface area contributed by atoms with Gasteiger partial charge in [0.1, 0.15) is 5.82 Å². The van der Waals surface area contributed by atoms with Crippen LogP contribution < -0.4 is 0 Å². The Balaban J connectivity index is 1.46. The van der Waals surface area contributed by atoms with E-state index in [0.717, 1.165) is 24.1 Å². The van der Waals surface area contributed by atoms with Crippen LogP contribution in [0.1, 0.15) is 84.4 Å². The number of nitrogens with zero attached hydrogens (tertiary/aromatic N) is 2. The average Bonchev–Trinajstić information content (AvgIpc) is 3.25. The maximum Gasteiger partial charge on any atom is 0.307 e. The summed E-state index contributed by atoms with van der Waals surface area (Å²) in [5, 5.41) is 0. The highest BCUT2D eigenvalue weighted by Gasteiger charge is 2.42. The maximum atomic E-state index is 12.3. The summed E-state index contributed by atoms with van der Waals surface area (Å²) in [6, 6.07) is 0. The fourth-order valence-corrected chi connectivity index (χ4v) is 5.14. The van der Waals surface area contributed by atoms with Gasteiger partial charge >= 0.3 is 5.97 Å². The highest BCUT2D eigenvalue weighted by Crippen LogP contribution is 2.51. The molecule has 3 unspecified atom stereocenters. The molecule has 1 aromatic rings. The molecule has 0 saturated heterocycles. The predicted octanol–water partition coefficient (Wildman–Crippen LogP) is 5.49. The van der Waals surface area contributed by atoms with Gasteiger partial charge in [-0.15, -0.1) is 0 Å². The quantitative estimate of drug-likeness (QED) is 0.469. The van der Waals surface area contributed by atoms with Gasteiger partial charge in [0.05, 0.1) is 13.0 Å². The second-order valence-corrected chi connectivity index (χ2v) is 9.19. The number of ether oxygens (including phenoxy) is 1. The molecule has 1 aromatic heterocycles. The number of esters is 1. The van der Waals surface area contributed by atoms with Crippen LogP contribution in [0.4, 0.5) is 0 Å². The molecule has 2 aliphatic carbocycles. The van der Waals surface area contributed by atoms with Gasteiger partial charge in [-0.2, -0.15) is 0 Å². The minimum Gasteiger partial charge on any atom is -0.465 e. The second-order valence-electron chi connectivity index (χ2n) is 9.19. The molecule has 0 bridgehead atoms. The molecule has 0 radical (unpaired) electrons. The van der Waals surface area contributed by atoms with Gasteiger partial charge in [0.2, 0.25) is 0 Å². The molecule has 0 amide bonds. The lowest BCUT2D eigenvalue weighted by molar-refractivity contribution is -0.148. The highest BCUT2D eigenvalue weighted by molar-refractivity contribution is 5.69. The molecule has 150 valence electrons. The fraction of sp³-hybridized carbons (Fsp3) is 0.739. The van der Waals surface area contributed by atoms with Gasteiger partial charge in [0.15, 0.2) is 0 Å². The van der Waals surface area contributed by atoms with Crippen molar-refractivity contribution in [1.82, 2.24) is 9.55 Å². The van der Waals surface area contributed by atoms with Crippen molar-refractivity contribution >= 4 is 5.97 Å². The number of aryl methyl sites for hydroxylation is 1. The summed E-state index contributed by atoms with van der Waals surface area (Å²) in [4.78, 5) is 16.7. The van der Waals surface area contributed by atoms with Crippen LogP contribution in [0.3, 0.4) is 0 Å². The van der Waals surface area contributed by atoms with Crippen LogP contribution >= 0.6 is 0 Å². The van der Waals surface area contributed by atoms with Crippen LogP contribution in [0.15, 0.2) is 24.0 Å². The summed E-state index contributed by atoms with van der Waals surface area (Å²) in [5.74, 6) is 2.90. The number of hydrogen-bond donors (Lipinski definition) is 0. The Kier molecular flexibility index (Phi) is 6.44. The Morgan fingerprint density at radius 3 is 3.00 bits per heavy atom. The van der Waals surface area contributed by atoms with Gasteiger partial charge in [-0.3, -0.25) is 4.79 Å². The van der Waals surface area contributed by atoms with Crippen LogP contribution in [0.25, 0.3) is 0 Å². The Morgan fingerprint density at radius 2 is 2.26 bits per heavy atom. The molecule has 3 atom stereocenters. The normalized spacial score (nSPS) is 29.3. The molecule has 0 spiro atoms. The highest BCUT2D eigenvalue weighted by atomic mass is 16.5. The van der Waals surface area contributed by atoms with E-state index in [0.29, 0.717) is 25.5 Å². The van der Waals surface area contributed by atoms with Gasteiger partial charge in [0, 0.05) is 30.3 Å². The first kappa shape index (κ1) is 20.2. The molecule has 0 N–H and O–H groups in total. The first-order valence-electron chi connectivity index (χ1n) is 10.8. The third-order valence-corrected chi connectivity index (χ3v) is 6.53. The molecule has 4 nitrogen and oxygen atoms in total. The minimum absolute atomic E-state index is 0.0836. The molecule has 1 heterocycles. The minimum atomic E-state index is -0.0836. The zero-order valence-corrected chi connectivity index (χ0v) is 17.5. The molecule has 3 rings (SSSR count). The van der Waals surface area contributed by atoms with Gasteiger partial charge in [-0.25, -0.2) is 4.98 Å². The number of allylic oxidation sites excluding steroid dienone is 2. The SMILES string of the molecule is CC/C=C1/CCC2CC(C)(COC(=O)CCn3ccnc3C(C)C)CCC12. The van der Waals surface area contributed by atoms with Crippen molar-refractivity contribution in [3.05, 3.63) is 29.9 Å². The predicted molar refractivity (Wildman–Crippen MR) is 108 cm³/mol. The molecule has 0 aliphatic heterocycles. The van der Waals surface area contributed by atoms with E-state index in [1.165, 1.54) is 32.1 Å². The monoisotopic (exact) mass is 372 g/mol. The lowest BCUT2D eigenvalue weighted by Crippen LogP contribution is -2.34. The van der Waals surface area contributed by atoms with E-state index in [1.54, 1.807) is 5.57 Å². The topological polar surface area (TPSA) is 44.1 Å². The van der Waals surface area contributed by atoms with Crippen molar-refractivity contribution < 1.29 is 9.53 Å². The van der Waals surface area contributed by atoms with Crippen molar-refractivity contribution in [3.63, 3.8) is 0 Å². The van der Waals surface area contributed by atoms with E-state index in [2.05, 4.69) is 43.3 Å². The third kappa shape index (κ3) is 4.83. The number of imidazole rings is 1. The number of hydrogen-bond acceptors (Lipinski definition) is 3. The van der Waals surface area contributed by atoms with Crippen molar-refractivity contribution in [2.45, 2.75) is 85.1 Å². The zero-order chi connectivity index (χ0) is 19.4. The third-order valence-electron chi connectivity index (χ3n) is 6.53. The standard InChI is InChI=1S/C23H36N2O2/c1-5-6-18-7-8-19-15-23(4,11-9-20(18)19)16-27-21(26)10-13-25-14-12-24-22(25)17(2)3/h6,12,14,17,19-20H,5,7-11,13,15-16H2,1-4H3/b18-6-. The molecule has 2 fully saturated rings. The molecule has 2 aliphatic rings. The molecular weight excluding hydrogens is 336 g/mol. The summed E-state index contributed by atoms with van der Waals surface area (Å²) >= 11 is 0. The summed E-state index contributed by atoms with van der Waals surface area (Å²) < 4.78 is 7.79.